The third kappa shape index (κ3) is 3.66. The van der Waals surface area contributed by atoms with Gasteiger partial charge >= 0.3 is 0 Å². The molecule has 5 heteroatoms. The van der Waals surface area contributed by atoms with Crippen LogP contribution in [-0.2, 0) is 17.8 Å². The maximum Gasteiger partial charge on any atom is 0.236 e. The van der Waals surface area contributed by atoms with Gasteiger partial charge in [0.1, 0.15) is 0 Å². The topological polar surface area (TPSA) is 47.0 Å². The Morgan fingerprint density at radius 1 is 1.18 bits per heavy atom. The van der Waals surface area contributed by atoms with Gasteiger partial charge in [0.25, 0.3) is 0 Å². The predicted octanol–water partition coefficient (Wildman–Crippen LogP) is 0.180. The first-order chi connectivity index (χ1) is 10.6. The molecule has 2 aliphatic heterocycles. The number of amides is 1. The summed E-state index contributed by atoms with van der Waals surface area (Å²) >= 11 is 0. The third-order valence-electron chi connectivity index (χ3n) is 4.63. The zero-order chi connectivity index (χ0) is 15.5. The summed E-state index contributed by atoms with van der Waals surface area (Å²) in [6.07, 6.45) is 0.563. The van der Waals surface area contributed by atoms with Crippen molar-refractivity contribution in [2.75, 3.05) is 46.3 Å². The number of carbonyl (C=O) groups is 1. The minimum Gasteiger partial charge on any atom is -0.390 e. The number of aliphatic hydroxyl groups is 1. The van der Waals surface area contributed by atoms with Crippen LogP contribution in [0.1, 0.15) is 11.1 Å². The third-order valence-corrected chi connectivity index (χ3v) is 4.63. The lowest BCUT2D eigenvalue weighted by Gasteiger charge is -2.30. The number of hydrogen-bond acceptors (Lipinski definition) is 4. The molecular formula is C17H25N3O2. The number of carbonyl (C=O) groups excluding carboxylic acids is 1. The summed E-state index contributed by atoms with van der Waals surface area (Å²) in [5, 5.41) is 9.97. The second-order valence-corrected chi connectivity index (χ2v) is 6.49. The summed E-state index contributed by atoms with van der Waals surface area (Å²) in [7, 11) is 1.98. The molecule has 0 aromatic heterocycles. The first-order valence-corrected chi connectivity index (χ1v) is 8.05. The number of rotatable bonds is 2. The Morgan fingerprint density at radius 2 is 1.95 bits per heavy atom. The van der Waals surface area contributed by atoms with Gasteiger partial charge in [-0.1, -0.05) is 24.3 Å². The first kappa shape index (κ1) is 15.5. The van der Waals surface area contributed by atoms with E-state index in [1.807, 2.05) is 11.9 Å². The Bertz CT molecular complexity index is 534. The van der Waals surface area contributed by atoms with E-state index in [9.17, 15) is 9.90 Å². The van der Waals surface area contributed by atoms with Crippen LogP contribution >= 0.6 is 0 Å². The van der Waals surface area contributed by atoms with Crippen LogP contribution in [0.5, 0.6) is 0 Å². The monoisotopic (exact) mass is 303 g/mol. The summed E-state index contributed by atoms with van der Waals surface area (Å²) in [5.41, 5.74) is 2.73. The van der Waals surface area contributed by atoms with Gasteiger partial charge in [0.2, 0.25) is 5.91 Å². The normalized spacial score (nSPS) is 23.9. The molecule has 0 aliphatic carbocycles. The van der Waals surface area contributed by atoms with Crippen LogP contribution in [0, 0.1) is 0 Å². The Labute approximate surface area is 132 Å². The van der Waals surface area contributed by atoms with E-state index in [0.29, 0.717) is 26.2 Å². The van der Waals surface area contributed by atoms with Crippen LogP contribution in [-0.4, -0.2) is 78.1 Å². The highest BCUT2D eigenvalue weighted by Gasteiger charge is 2.25. The van der Waals surface area contributed by atoms with Crippen molar-refractivity contribution in [3.8, 4) is 0 Å². The van der Waals surface area contributed by atoms with Crippen molar-refractivity contribution in [3.63, 3.8) is 0 Å². The number of β-amino-alcohol motifs (C(OH)–C–C–N with tert-alkyl or cyclic N) is 1. The van der Waals surface area contributed by atoms with Crippen molar-refractivity contribution in [2.45, 2.75) is 19.1 Å². The van der Waals surface area contributed by atoms with Gasteiger partial charge in [-0.05, 0) is 24.6 Å². The molecule has 120 valence electrons. The van der Waals surface area contributed by atoms with E-state index < -0.39 is 6.10 Å². The average molecular weight is 303 g/mol. The van der Waals surface area contributed by atoms with Gasteiger partial charge < -0.3 is 14.9 Å². The Balaban J connectivity index is 1.58. The minimum absolute atomic E-state index is 0.133. The Kier molecular flexibility index (Phi) is 4.76. The SMILES string of the molecule is CN1CCN(C(=O)CN2CCc3ccccc3C2)C[C@H](O)C1. The van der Waals surface area contributed by atoms with E-state index in [1.54, 1.807) is 0 Å². The predicted molar refractivity (Wildman–Crippen MR) is 85.5 cm³/mol. The molecule has 0 unspecified atom stereocenters. The molecule has 5 nitrogen and oxygen atoms in total. The van der Waals surface area contributed by atoms with E-state index in [2.05, 4.69) is 34.1 Å². The van der Waals surface area contributed by atoms with Gasteiger partial charge in [-0.25, -0.2) is 0 Å². The molecule has 1 aromatic carbocycles. The number of benzene rings is 1. The maximum absolute atomic E-state index is 12.5. The highest BCUT2D eigenvalue weighted by atomic mass is 16.3. The molecule has 0 radical (unpaired) electrons. The molecule has 2 aliphatic rings. The van der Waals surface area contributed by atoms with Crippen LogP contribution < -0.4 is 0 Å². The van der Waals surface area contributed by atoms with Crippen LogP contribution in [0.2, 0.25) is 0 Å². The standard InChI is InChI=1S/C17H25N3O2/c1-18-8-9-20(12-16(21)11-18)17(22)13-19-7-6-14-4-2-3-5-15(14)10-19/h2-5,16,21H,6-13H2,1H3/t16-/m1/s1. The van der Waals surface area contributed by atoms with Gasteiger partial charge in [-0.15, -0.1) is 0 Å². The van der Waals surface area contributed by atoms with Crippen molar-refractivity contribution in [2.24, 2.45) is 0 Å². The van der Waals surface area contributed by atoms with E-state index in [4.69, 9.17) is 0 Å². The minimum atomic E-state index is -0.446. The number of aliphatic hydroxyl groups excluding tert-OH is 1. The van der Waals surface area contributed by atoms with E-state index >= 15 is 0 Å². The second kappa shape index (κ2) is 6.77. The molecule has 1 fully saturated rings. The fraction of sp³-hybridized carbons (Fsp3) is 0.588. The number of fused-ring (bicyclic) bond motifs is 1. The smallest absolute Gasteiger partial charge is 0.236 e. The van der Waals surface area contributed by atoms with E-state index in [-0.39, 0.29) is 5.91 Å². The van der Waals surface area contributed by atoms with Crippen molar-refractivity contribution in [1.29, 1.82) is 0 Å². The number of likely N-dealkylation sites (N-methyl/N-ethyl adjacent to an activating group) is 1. The zero-order valence-corrected chi connectivity index (χ0v) is 13.2. The van der Waals surface area contributed by atoms with Crippen LogP contribution in [0.15, 0.2) is 24.3 Å². The molecule has 1 N–H and O–H groups in total. The molecule has 1 saturated heterocycles. The van der Waals surface area contributed by atoms with Crippen LogP contribution in [0.4, 0.5) is 0 Å². The van der Waals surface area contributed by atoms with Gasteiger partial charge in [-0.2, -0.15) is 0 Å². The zero-order valence-electron chi connectivity index (χ0n) is 13.2. The lowest BCUT2D eigenvalue weighted by Crippen LogP contribution is -2.45. The molecule has 1 atom stereocenters. The summed E-state index contributed by atoms with van der Waals surface area (Å²) in [5.74, 6) is 0.133. The van der Waals surface area contributed by atoms with Gasteiger partial charge in [0, 0.05) is 39.3 Å². The first-order valence-electron chi connectivity index (χ1n) is 8.05. The molecule has 0 spiro atoms. The molecule has 1 amide bonds. The second-order valence-electron chi connectivity index (χ2n) is 6.49. The number of nitrogens with zero attached hydrogens (tertiary/aromatic N) is 3. The van der Waals surface area contributed by atoms with Crippen molar-refractivity contribution in [3.05, 3.63) is 35.4 Å². The van der Waals surface area contributed by atoms with Crippen molar-refractivity contribution >= 4 is 5.91 Å². The highest BCUT2D eigenvalue weighted by Crippen LogP contribution is 2.18. The fourth-order valence-corrected chi connectivity index (χ4v) is 3.35. The summed E-state index contributed by atoms with van der Waals surface area (Å²) in [4.78, 5) is 18.6. The summed E-state index contributed by atoms with van der Waals surface area (Å²) in [6, 6.07) is 8.46. The highest BCUT2D eigenvalue weighted by molar-refractivity contribution is 5.78. The maximum atomic E-state index is 12.5. The molecule has 0 saturated carbocycles. The van der Waals surface area contributed by atoms with Gasteiger partial charge in [-0.3, -0.25) is 9.69 Å². The molecule has 2 heterocycles. The largest absolute Gasteiger partial charge is 0.390 e. The molecule has 22 heavy (non-hydrogen) atoms. The van der Waals surface area contributed by atoms with Gasteiger partial charge in [0.05, 0.1) is 12.6 Å². The van der Waals surface area contributed by atoms with Crippen LogP contribution in [0.3, 0.4) is 0 Å². The lowest BCUT2D eigenvalue weighted by atomic mass is 10.00. The molecule has 0 bridgehead atoms. The van der Waals surface area contributed by atoms with E-state index in [0.717, 1.165) is 26.1 Å². The van der Waals surface area contributed by atoms with Gasteiger partial charge in [0.15, 0.2) is 0 Å². The number of hydrogen-bond donors (Lipinski definition) is 1. The quantitative estimate of drug-likeness (QED) is 0.847. The van der Waals surface area contributed by atoms with E-state index in [1.165, 1.54) is 11.1 Å². The summed E-state index contributed by atoms with van der Waals surface area (Å²) < 4.78 is 0. The van der Waals surface area contributed by atoms with Crippen molar-refractivity contribution in [1.82, 2.24) is 14.7 Å². The van der Waals surface area contributed by atoms with Crippen LogP contribution in [0.25, 0.3) is 0 Å². The molecule has 1 aromatic rings. The molecular weight excluding hydrogens is 278 g/mol. The summed E-state index contributed by atoms with van der Waals surface area (Å²) in [6.45, 7) is 4.85. The van der Waals surface area contributed by atoms with Crippen molar-refractivity contribution < 1.29 is 9.90 Å². The molecule has 3 rings (SSSR count). The lowest BCUT2D eigenvalue weighted by molar-refractivity contribution is -0.133. The average Bonchev–Trinajstić information content (AvgIpc) is 2.67. The fourth-order valence-electron chi connectivity index (χ4n) is 3.35. The Morgan fingerprint density at radius 3 is 2.77 bits per heavy atom. The Hall–Kier alpha value is -1.43.